The van der Waals surface area contributed by atoms with Crippen LogP contribution in [0, 0.1) is 0 Å². The third kappa shape index (κ3) is 1.58. The Morgan fingerprint density at radius 3 is 2.75 bits per heavy atom. The summed E-state index contributed by atoms with van der Waals surface area (Å²) in [6.07, 6.45) is 3.37. The lowest BCUT2D eigenvalue weighted by Crippen LogP contribution is -1.91. The van der Waals surface area contributed by atoms with Crippen LogP contribution in [-0.4, -0.2) is 15.0 Å². The lowest BCUT2D eigenvalue weighted by atomic mass is 10.5. The number of nitrogens with zero attached hydrogens (tertiary/aromatic N) is 3. The Kier molecular flexibility index (Phi) is 2.00. The average molecular weight is 212 g/mol. The first kappa shape index (κ1) is 8.84. The van der Waals surface area contributed by atoms with Crippen LogP contribution in [0.25, 0.3) is 11.2 Å². The van der Waals surface area contributed by atoms with Crippen molar-refractivity contribution in [2.75, 3.05) is 5.32 Å². The number of hydrogen-bond donors (Lipinski definition) is 1. The van der Waals surface area contributed by atoms with Crippen molar-refractivity contribution in [1.82, 2.24) is 15.0 Å². The van der Waals surface area contributed by atoms with E-state index >= 15 is 0 Å². The van der Waals surface area contributed by atoms with Crippen molar-refractivity contribution < 1.29 is 4.42 Å². The van der Waals surface area contributed by atoms with Crippen LogP contribution in [0.15, 0.2) is 47.1 Å². The molecular formula is C11H8N4O. The van der Waals surface area contributed by atoms with Crippen LogP contribution in [0.3, 0.4) is 0 Å². The van der Waals surface area contributed by atoms with E-state index in [0.29, 0.717) is 23.1 Å². The number of nitrogens with one attached hydrogen (secondary N) is 1. The minimum atomic E-state index is 0.396. The zero-order valence-corrected chi connectivity index (χ0v) is 8.29. The number of aromatic nitrogens is 3. The number of fused-ring (bicyclic) bond motifs is 1. The summed E-state index contributed by atoms with van der Waals surface area (Å²) < 4.78 is 5.45. The summed E-state index contributed by atoms with van der Waals surface area (Å²) in [5.41, 5.74) is 1.24. The maximum absolute atomic E-state index is 5.45. The van der Waals surface area contributed by atoms with Crippen molar-refractivity contribution in [1.29, 1.82) is 0 Å². The van der Waals surface area contributed by atoms with Crippen molar-refractivity contribution in [3.63, 3.8) is 0 Å². The highest BCUT2D eigenvalue weighted by Crippen LogP contribution is 2.18. The topological polar surface area (TPSA) is 63.8 Å². The van der Waals surface area contributed by atoms with E-state index in [0.717, 1.165) is 0 Å². The van der Waals surface area contributed by atoms with Gasteiger partial charge >= 0.3 is 6.01 Å². The van der Waals surface area contributed by atoms with Crippen LogP contribution in [0.4, 0.5) is 11.8 Å². The highest BCUT2D eigenvalue weighted by atomic mass is 16.4. The van der Waals surface area contributed by atoms with Crippen LogP contribution in [0.5, 0.6) is 0 Å². The molecule has 0 spiro atoms. The third-order valence-electron chi connectivity index (χ3n) is 2.06. The van der Waals surface area contributed by atoms with E-state index < -0.39 is 0 Å². The molecule has 0 bridgehead atoms. The van der Waals surface area contributed by atoms with Crippen molar-refractivity contribution >= 4 is 23.1 Å². The summed E-state index contributed by atoms with van der Waals surface area (Å²) in [6, 6.07) is 9.58. The minimum Gasteiger partial charge on any atom is -0.422 e. The van der Waals surface area contributed by atoms with E-state index in [4.69, 9.17) is 4.42 Å². The number of pyridine rings is 2. The molecule has 0 aromatic carbocycles. The lowest BCUT2D eigenvalue weighted by molar-refractivity contribution is 0.622. The number of anilines is 2. The highest BCUT2D eigenvalue weighted by molar-refractivity contribution is 5.70. The van der Waals surface area contributed by atoms with Gasteiger partial charge in [0, 0.05) is 12.4 Å². The Bertz CT molecular complexity index is 572. The van der Waals surface area contributed by atoms with Gasteiger partial charge in [-0.25, -0.2) is 9.97 Å². The lowest BCUT2D eigenvalue weighted by Gasteiger charge is -1.97. The molecule has 3 rings (SSSR count). The van der Waals surface area contributed by atoms with E-state index in [1.165, 1.54) is 0 Å². The summed E-state index contributed by atoms with van der Waals surface area (Å²) in [5, 5.41) is 2.96. The second-order valence-corrected chi connectivity index (χ2v) is 3.18. The van der Waals surface area contributed by atoms with Gasteiger partial charge in [0.25, 0.3) is 0 Å². The fraction of sp³-hybridized carbons (Fsp3) is 0. The summed E-state index contributed by atoms with van der Waals surface area (Å²) >= 11 is 0. The fourth-order valence-corrected chi connectivity index (χ4v) is 1.37. The van der Waals surface area contributed by atoms with Crippen LogP contribution in [0.1, 0.15) is 0 Å². The molecular weight excluding hydrogens is 204 g/mol. The molecule has 16 heavy (non-hydrogen) atoms. The van der Waals surface area contributed by atoms with E-state index in [9.17, 15) is 0 Å². The molecule has 0 aliphatic rings. The summed E-state index contributed by atoms with van der Waals surface area (Å²) in [7, 11) is 0. The molecule has 3 heterocycles. The molecule has 5 nitrogen and oxygen atoms in total. The Labute approximate surface area is 91.2 Å². The molecule has 0 fully saturated rings. The average Bonchev–Trinajstić information content (AvgIpc) is 2.72. The van der Waals surface area contributed by atoms with Gasteiger partial charge in [-0.2, -0.15) is 4.98 Å². The Balaban J connectivity index is 1.95. The Morgan fingerprint density at radius 1 is 1.00 bits per heavy atom. The number of oxazole rings is 1. The molecule has 0 atom stereocenters. The van der Waals surface area contributed by atoms with E-state index in [2.05, 4.69) is 20.3 Å². The van der Waals surface area contributed by atoms with Crippen molar-refractivity contribution in [3.05, 3.63) is 42.7 Å². The molecule has 0 amide bonds. The first-order valence-corrected chi connectivity index (χ1v) is 4.81. The molecule has 1 N–H and O–H groups in total. The van der Waals surface area contributed by atoms with E-state index in [1.54, 1.807) is 18.5 Å². The fourth-order valence-electron chi connectivity index (χ4n) is 1.37. The summed E-state index contributed by atoms with van der Waals surface area (Å²) in [6.45, 7) is 0. The van der Waals surface area contributed by atoms with Gasteiger partial charge < -0.3 is 4.42 Å². The first-order valence-electron chi connectivity index (χ1n) is 4.81. The monoisotopic (exact) mass is 212 g/mol. The standard InChI is InChI=1S/C11H8N4O/c1-2-6-12-9(5-1)14-11-15-10-8(16-11)4-3-7-13-10/h1-7H,(H,12,13,14,15). The third-order valence-corrected chi connectivity index (χ3v) is 2.06. The zero-order chi connectivity index (χ0) is 10.8. The minimum absolute atomic E-state index is 0.396. The smallest absolute Gasteiger partial charge is 0.303 e. The second kappa shape index (κ2) is 3.62. The van der Waals surface area contributed by atoms with E-state index in [1.807, 2.05) is 24.3 Å². The molecule has 5 heteroatoms. The maximum atomic E-state index is 5.45. The predicted molar refractivity (Wildman–Crippen MR) is 59.3 cm³/mol. The molecule has 3 aromatic heterocycles. The van der Waals surface area contributed by atoms with Crippen molar-refractivity contribution in [2.24, 2.45) is 0 Å². The van der Waals surface area contributed by atoms with Gasteiger partial charge in [0.15, 0.2) is 5.58 Å². The predicted octanol–water partition coefficient (Wildman–Crippen LogP) is 2.36. The van der Waals surface area contributed by atoms with Crippen LogP contribution >= 0.6 is 0 Å². The molecule has 3 aromatic rings. The summed E-state index contributed by atoms with van der Waals surface area (Å²) in [5.74, 6) is 0.689. The SMILES string of the molecule is c1ccc(Nc2nc3ncccc3o2)nc1. The number of hydrogen-bond acceptors (Lipinski definition) is 5. The summed E-state index contributed by atoms with van der Waals surface area (Å²) in [4.78, 5) is 12.4. The van der Waals surface area contributed by atoms with Crippen LogP contribution < -0.4 is 5.32 Å². The van der Waals surface area contributed by atoms with Gasteiger partial charge in [-0.3, -0.25) is 5.32 Å². The van der Waals surface area contributed by atoms with Crippen LogP contribution in [-0.2, 0) is 0 Å². The Morgan fingerprint density at radius 2 is 1.94 bits per heavy atom. The van der Waals surface area contributed by atoms with Gasteiger partial charge in [-0.15, -0.1) is 0 Å². The highest BCUT2D eigenvalue weighted by Gasteiger charge is 2.05. The molecule has 0 aliphatic carbocycles. The quantitative estimate of drug-likeness (QED) is 0.706. The molecule has 0 aliphatic heterocycles. The Hall–Kier alpha value is -2.43. The molecule has 0 unspecified atom stereocenters. The molecule has 0 radical (unpaired) electrons. The molecule has 78 valence electrons. The van der Waals surface area contributed by atoms with Gasteiger partial charge in [0.2, 0.25) is 5.65 Å². The number of rotatable bonds is 2. The first-order chi connectivity index (χ1) is 7.92. The normalized spacial score (nSPS) is 10.5. The van der Waals surface area contributed by atoms with Gasteiger partial charge in [-0.1, -0.05) is 6.07 Å². The molecule has 0 saturated carbocycles. The van der Waals surface area contributed by atoms with Crippen LogP contribution in [0.2, 0.25) is 0 Å². The second-order valence-electron chi connectivity index (χ2n) is 3.18. The maximum Gasteiger partial charge on any atom is 0.303 e. The largest absolute Gasteiger partial charge is 0.422 e. The molecule has 0 saturated heterocycles. The zero-order valence-electron chi connectivity index (χ0n) is 8.29. The van der Waals surface area contributed by atoms with Crippen molar-refractivity contribution in [3.8, 4) is 0 Å². The van der Waals surface area contributed by atoms with Crippen molar-refractivity contribution in [2.45, 2.75) is 0 Å². The van der Waals surface area contributed by atoms with Gasteiger partial charge in [0.05, 0.1) is 0 Å². The van der Waals surface area contributed by atoms with Gasteiger partial charge in [-0.05, 0) is 24.3 Å². The van der Waals surface area contributed by atoms with Gasteiger partial charge in [0.1, 0.15) is 5.82 Å². The van der Waals surface area contributed by atoms with E-state index in [-0.39, 0.29) is 0 Å².